The summed E-state index contributed by atoms with van der Waals surface area (Å²) < 4.78 is 11.1. The summed E-state index contributed by atoms with van der Waals surface area (Å²) in [5.41, 5.74) is 4.35. The van der Waals surface area contributed by atoms with Crippen LogP contribution in [0.15, 0.2) is 41.5 Å². The van der Waals surface area contributed by atoms with Crippen LogP contribution in [0.2, 0.25) is 0 Å². The zero-order chi connectivity index (χ0) is 24.0. The standard InChI is InChI=1S/C26H30N4O4/c1-15-11-18-13-22(33-3)23(34-4)14-21(18)24(28-30(15)26(32)27-2)16-5-8-19(9-6-16)29-20-10-7-17(12-20)25(29)31/h5-6,8-9,13-15,17,20H,7,10-12H2,1-4H3,(H,27,32)/t15-,17-,20-/m0/s1. The Bertz CT molecular complexity index is 1160. The van der Waals surface area contributed by atoms with Crippen LogP contribution >= 0.6 is 0 Å². The average Bonchev–Trinajstić information content (AvgIpc) is 3.42. The maximum atomic E-state index is 12.7. The van der Waals surface area contributed by atoms with Gasteiger partial charge in [0.05, 0.1) is 26.0 Å². The fourth-order valence-electron chi connectivity index (χ4n) is 5.46. The van der Waals surface area contributed by atoms with E-state index >= 15 is 0 Å². The van der Waals surface area contributed by atoms with Gasteiger partial charge in [-0.1, -0.05) is 12.1 Å². The third kappa shape index (κ3) is 3.57. The Balaban J connectivity index is 1.59. The zero-order valence-corrected chi connectivity index (χ0v) is 20.0. The van der Waals surface area contributed by atoms with Gasteiger partial charge in [-0.05, 0) is 62.4 Å². The molecule has 3 atom stereocenters. The largest absolute Gasteiger partial charge is 0.493 e. The lowest BCUT2D eigenvalue weighted by atomic mass is 9.93. The number of anilines is 1. The van der Waals surface area contributed by atoms with E-state index in [9.17, 15) is 9.59 Å². The van der Waals surface area contributed by atoms with Crippen LogP contribution < -0.4 is 19.7 Å². The molecular formula is C26H30N4O4. The Labute approximate surface area is 199 Å². The van der Waals surface area contributed by atoms with Crippen LogP contribution in [0.25, 0.3) is 0 Å². The molecule has 2 bridgehead atoms. The number of hydrogen-bond acceptors (Lipinski definition) is 5. The van der Waals surface area contributed by atoms with E-state index in [1.807, 2.05) is 48.2 Å². The highest BCUT2D eigenvalue weighted by molar-refractivity contribution is 6.15. The molecule has 2 aromatic carbocycles. The Hall–Kier alpha value is -3.55. The van der Waals surface area contributed by atoms with Gasteiger partial charge in [0, 0.05) is 35.8 Å². The van der Waals surface area contributed by atoms with Crippen molar-refractivity contribution in [2.24, 2.45) is 11.0 Å². The number of urea groups is 1. The molecule has 1 saturated heterocycles. The van der Waals surface area contributed by atoms with Crippen LogP contribution in [-0.2, 0) is 11.2 Å². The highest BCUT2D eigenvalue weighted by Gasteiger charge is 2.45. The van der Waals surface area contributed by atoms with E-state index in [2.05, 4.69) is 5.32 Å². The Morgan fingerprint density at radius 2 is 1.79 bits per heavy atom. The minimum absolute atomic E-state index is 0.161. The number of nitrogens with zero attached hydrogens (tertiary/aromatic N) is 3. The summed E-state index contributed by atoms with van der Waals surface area (Å²) in [4.78, 5) is 27.3. The third-order valence-corrected chi connectivity index (χ3v) is 7.20. The van der Waals surface area contributed by atoms with Crippen molar-refractivity contribution < 1.29 is 19.1 Å². The first kappa shape index (κ1) is 22.3. The zero-order valence-electron chi connectivity index (χ0n) is 20.0. The molecule has 8 nitrogen and oxygen atoms in total. The van der Waals surface area contributed by atoms with Gasteiger partial charge in [-0.25, -0.2) is 9.80 Å². The first-order valence-electron chi connectivity index (χ1n) is 11.7. The molecule has 2 aliphatic heterocycles. The van der Waals surface area contributed by atoms with Crippen molar-refractivity contribution in [3.8, 4) is 11.5 Å². The van der Waals surface area contributed by atoms with Gasteiger partial charge in [-0.3, -0.25) is 4.79 Å². The number of rotatable bonds is 4. The number of piperidine rings is 1. The summed E-state index contributed by atoms with van der Waals surface area (Å²) in [6, 6.07) is 11.7. The van der Waals surface area contributed by atoms with Crippen molar-refractivity contribution in [2.45, 2.75) is 44.7 Å². The predicted molar refractivity (Wildman–Crippen MR) is 130 cm³/mol. The fourth-order valence-corrected chi connectivity index (χ4v) is 5.46. The van der Waals surface area contributed by atoms with Gasteiger partial charge in [-0.15, -0.1) is 0 Å². The monoisotopic (exact) mass is 462 g/mol. The van der Waals surface area contributed by atoms with Crippen molar-refractivity contribution in [3.05, 3.63) is 53.1 Å². The third-order valence-electron chi connectivity index (χ3n) is 7.20. The molecule has 0 radical (unpaired) electrons. The summed E-state index contributed by atoms with van der Waals surface area (Å²) in [5.74, 6) is 1.65. The summed E-state index contributed by atoms with van der Waals surface area (Å²) in [6.45, 7) is 1.97. The molecule has 2 heterocycles. The van der Waals surface area contributed by atoms with Crippen LogP contribution in [-0.4, -0.2) is 56.0 Å². The molecular weight excluding hydrogens is 432 g/mol. The number of amides is 3. The van der Waals surface area contributed by atoms with Gasteiger partial charge in [0.2, 0.25) is 5.91 Å². The van der Waals surface area contributed by atoms with E-state index in [4.69, 9.17) is 14.6 Å². The van der Waals surface area contributed by atoms with Gasteiger partial charge in [-0.2, -0.15) is 5.10 Å². The molecule has 3 aliphatic rings. The molecule has 178 valence electrons. The number of carbonyl (C=O) groups excluding carboxylic acids is 2. The fraction of sp³-hybridized carbons (Fsp3) is 0.423. The Morgan fingerprint density at radius 1 is 1.09 bits per heavy atom. The van der Waals surface area contributed by atoms with Crippen molar-refractivity contribution in [3.63, 3.8) is 0 Å². The molecule has 0 aromatic heterocycles. The second kappa shape index (κ2) is 8.66. The molecule has 8 heteroatoms. The van der Waals surface area contributed by atoms with Crippen molar-refractivity contribution in [2.75, 3.05) is 26.2 Å². The van der Waals surface area contributed by atoms with Crippen molar-refractivity contribution >= 4 is 23.3 Å². The van der Waals surface area contributed by atoms with Gasteiger partial charge in [0.25, 0.3) is 0 Å². The highest BCUT2D eigenvalue weighted by Crippen LogP contribution is 2.41. The van der Waals surface area contributed by atoms with E-state index in [1.54, 1.807) is 21.3 Å². The normalized spacial score (nSPS) is 23.4. The quantitative estimate of drug-likeness (QED) is 0.753. The highest BCUT2D eigenvalue weighted by atomic mass is 16.5. The molecule has 1 aliphatic carbocycles. The van der Waals surface area contributed by atoms with Crippen LogP contribution in [0.1, 0.15) is 42.9 Å². The molecule has 2 aromatic rings. The Morgan fingerprint density at radius 3 is 2.41 bits per heavy atom. The minimum Gasteiger partial charge on any atom is -0.493 e. The van der Waals surface area contributed by atoms with E-state index in [1.165, 1.54) is 5.01 Å². The SMILES string of the molecule is CNC(=O)N1N=C(c2ccc(N3C(=O)[C@H]4CC[C@H]3C4)cc2)c2cc(OC)c(OC)cc2C[C@@H]1C. The number of hydrazone groups is 1. The molecule has 34 heavy (non-hydrogen) atoms. The number of methoxy groups -OCH3 is 2. The van der Waals surface area contributed by atoms with Crippen LogP contribution in [0, 0.1) is 5.92 Å². The number of nitrogens with one attached hydrogen (secondary N) is 1. The van der Waals surface area contributed by atoms with Crippen molar-refractivity contribution in [1.29, 1.82) is 0 Å². The Kier molecular flexibility index (Phi) is 5.67. The topological polar surface area (TPSA) is 83.5 Å². The molecule has 1 saturated carbocycles. The number of ether oxygens (including phenoxy) is 2. The maximum Gasteiger partial charge on any atom is 0.337 e. The van der Waals surface area contributed by atoms with Gasteiger partial charge < -0.3 is 19.7 Å². The summed E-state index contributed by atoms with van der Waals surface area (Å²) >= 11 is 0. The van der Waals surface area contributed by atoms with Gasteiger partial charge in [0.1, 0.15) is 0 Å². The second-order valence-corrected chi connectivity index (χ2v) is 9.18. The smallest absolute Gasteiger partial charge is 0.337 e. The van der Waals surface area contributed by atoms with Crippen LogP contribution in [0.3, 0.4) is 0 Å². The first-order valence-corrected chi connectivity index (χ1v) is 11.7. The summed E-state index contributed by atoms with van der Waals surface area (Å²) in [6.07, 6.45) is 3.64. The van der Waals surface area contributed by atoms with E-state index in [0.717, 1.165) is 41.6 Å². The first-order chi connectivity index (χ1) is 16.4. The summed E-state index contributed by atoms with van der Waals surface area (Å²) in [5, 5.41) is 8.99. The molecule has 0 spiro atoms. The molecule has 1 N–H and O–H groups in total. The number of benzene rings is 2. The summed E-state index contributed by atoms with van der Waals surface area (Å²) in [7, 11) is 4.82. The second-order valence-electron chi connectivity index (χ2n) is 9.18. The van der Waals surface area contributed by atoms with E-state index in [-0.39, 0.29) is 23.9 Å². The molecule has 2 fully saturated rings. The lowest BCUT2D eigenvalue weighted by Gasteiger charge is -2.27. The molecule has 3 amide bonds. The molecule has 5 rings (SSSR count). The van der Waals surface area contributed by atoms with Gasteiger partial charge in [0.15, 0.2) is 11.5 Å². The predicted octanol–water partition coefficient (Wildman–Crippen LogP) is 3.56. The van der Waals surface area contributed by atoms with E-state index < -0.39 is 0 Å². The minimum atomic E-state index is -0.271. The van der Waals surface area contributed by atoms with Crippen LogP contribution in [0.5, 0.6) is 11.5 Å². The maximum absolute atomic E-state index is 12.7. The number of fused-ring (bicyclic) bond motifs is 3. The lowest BCUT2D eigenvalue weighted by Crippen LogP contribution is -2.41. The van der Waals surface area contributed by atoms with E-state index in [0.29, 0.717) is 29.7 Å². The number of hydrogen-bond donors (Lipinski definition) is 1. The molecule has 0 unspecified atom stereocenters. The van der Waals surface area contributed by atoms with Crippen LogP contribution in [0.4, 0.5) is 10.5 Å². The van der Waals surface area contributed by atoms with Gasteiger partial charge >= 0.3 is 6.03 Å². The average molecular weight is 463 g/mol. The lowest BCUT2D eigenvalue weighted by molar-refractivity contribution is -0.121. The van der Waals surface area contributed by atoms with Crippen molar-refractivity contribution in [1.82, 2.24) is 10.3 Å². The number of carbonyl (C=O) groups is 2.